The Kier molecular flexibility index (Phi) is 4.54. The van der Waals surface area contributed by atoms with Gasteiger partial charge >= 0.3 is 0 Å². The lowest BCUT2D eigenvalue weighted by atomic mass is 9.96. The van der Waals surface area contributed by atoms with Gasteiger partial charge in [0.1, 0.15) is 5.69 Å². The zero-order chi connectivity index (χ0) is 17.9. The molecule has 0 radical (unpaired) electrons. The average Bonchev–Trinajstić information content (AvgIpc) is 3.23. The Morgan fingerprint density at radius 3 is 2.46 bits per heavy atom. The molecule has 0 spiro atoms. The highest BCUT2D eigenvalue weighted by molar-refractivity contribution is 6.00. The molecule has 1 aliphatic rings. The molecular weight excluding hydrogens is 326 g/mol. The number of aromatic amines is 1. The number of nitrogens with one attached hydrogen (secondary N) is 1. The van der Waals surface area contributed by atoms with Crippen molar-refractivity contribution in [2.45, 2.75) is 12.5 Å². The number of aromatic nitrogens is 2. The molecule has 26 heavy (non-hydrogen) atoms. The van der Waals surface area contributed by atoms with E-state index in [9.17, 15) is 4.79 Å². The summed E-state index contributed by atoms with van der Waals surface area (Å²) in [7, 11) is 1.68. The number of carbonyl (C=O) groups is 1. The van der Waals surface area contributed by atoms with Crippen LogP contribution in [-0.2, 0) is 4.74 Å². The number of amides is 1. The van der Waals surface area contributed by atoms with Crippen LogP contribution < -0.4 is 0 Å². The van der Waals surface area contributed by atoms with Gasteiger partial charge in [-0.2, -0.15) is 5.10 Å². The van der Waals surface area contributed by atoms with E-state index >= 15 is 0 Å². The lowest BCUT2D eigenvalue weighted by Gasteiger charge is -2.26. The molecule has 5 nitrogen and oxygen atoms in total. The third-order valence-corrected chi connectivity index (χ3v) is 4.77. The molecule has 1 N–H and O–H groups in total. The molecule has 1 unspecified atom stereocenters. The van der Waals surface area contributed by atoms with Crippen LogP contribution in [0, 0.1) is 0 Å². The molecule has 0 saturated carbocycles. The molecule has 2 aromatic carbocycles. The molecule has 2 heterocycles. The fraction of sp³-hybridized carbons (Fsp3) is 0.238. The van der Waals surface area contributed by atoms with Crippen LogP contribution in [-0.4, -0.2) is 41.3 Å². The van der Waals surface area contributed by atoms with Gasteiger partial charge < -0.3 is 9.64 Å². The summed E-state index contributed by atoms with van der Waals surface area (Å²) < 4.78 is 5.17. The van der Waals surface area contributed by atoms with Crippen molar-refractivity contribution >= 4 is 5.91 Å². The molecule has 132 valence electrons. The van der Waals surface area contributed by atoms with Crippen LogP contribution >= 0.6 is 0 Å². The van der Waals surface area contributed by atoms with E-state index in [0.717, 1.165) is 28.8 Å². The van der Waals surface area contributed by atoms with Gasteiger partial charge in [0.2, 0.25) is 0 Å². The number of fused-ring (bicyclic) bond motifs is 1. The number of hydrogen-bond donors (Lipinski definition) is 1. The summed E-state index contributed by atoms with van der Waals surface area (Å²) in [5.74, 6) is -0.000336. The van der Waals surface area contributed by atoms with Crippen molar-refractivity contribution in [2.75, 3.05) is 20.3 Å². The third-order valence-electron chi connectivity index (χ3n) is 4.77. The normalized spacial score (nSPS) is 16.1. The maximum Gasteiger partial charge on any atom is 0.273 e. The van der Waals surface area contributed by atoms with Crippen molar-refractivity contribution in [1.82, 2.24) is 15.1 Å². The van der Waals surface area contributed by atoms with Crippen LogP contribution in [0.4, 0.5) is 0 Å². The van der Waals surface area contributed by atoms with Gasteiger partial charge in [0.05, 0.1) is 11.7 Å². The molecule has 3 aromatic rings. The first-order valence-corrected chi connectivity index (χ1v) is 8.80. The number of benzene rings is 2. The Morgan fingerprint density at radius 2 is 1.77 bits per heavy atom. The Morgan fingerprint density at radius 1 is 1.08 bits per heavy atom. The largest absolute Gasteiger partial charge is 0.385 e. The molecule has 1 aromatic heterocycles. The number of carbonyl (C=O) groups excluding carboxylic acids is 1. The van der Waals surface area contributed by atoms with E-state index in [2.05, 4.69) is 22.3 Å². The van der Waals surface area contributed by atoms with Crippen LogP contribution in [0.5, 0.6) is 0 Å². The van der Waals surface area contributed by atoms with E-state index in [1.807, 2.05) is 53.4 Å². The van der Waals surface area contributed by atoms with Gasteiger partial charge in [-0.1, -0.05) is 60.7 Å². The predicted octanol–water partition coefficient (Wildman–Crippen LogP) is 3.66. The van der Waals surface area contributed by atoms with Crippen molar-refractivity contribution in [3.63, 3.8) is 0 Å². The molecular formula is C21H21N3O2. The summed E-state index contributed by atoms with van der Waals surface area (Å²) >= 11 is 0. The molecule has 0 fully saturated rings. The van der Waals surface area contributed by atoms with Gasteiger partial charge in [-0.05, 0) is 12.0 Å². The van der Waals surface area contributed by atoms with Crippen LogP contribution in [0.2, 0.25) is 0 Å². The Balaban J connectivity index is 1.80. The standard InChI is InChI=1S/C21H21N3O2/c1-26-14-8-13-24-20(16-11-6-3-7-12-16)17-18(15-9-4-2-5-10-15)22-23-19(17)21(24)25/h2-7,9-12,20H,8,13-14H2,1H3,(H,22,23). The van der Waals surface area contributed by atoms with Gasteiger partial charge in [-0.15, -0.1) is 0 Å². The Hall–Kier alpha value is -2.92. The SMILES string of the molecule is COCCCN1C(=O)c2[nH]nc(-c3ccccc3)c2C1c1ccccc1. The minimum atomic E-state index is -0.135. The van der Waals surface area contributed by atoms with Crippen LogP contribution in [0.1, 0.15) is 34.1 Å². The van der Waals surface area contributed by atoms with Crippen LogP contribution in [0.3, 0.4) is 0 Å². The van der Waals surface area contributed by atoms with Crippen molar-refractivity contribution in [3.8, 4) is 11.3 Å². The van der Waals surface area contributed by atoms with Crippen molar-refractivity contribution in [2.24, 2.45) is 0 Å². The second kappa shape index (κ2) is 7.14. The fourth-order valence-corrected chi connectivity index (χ4v) is 3.60. The van der Waals surface area contributed by atoms with Gasteiger partial charge in [-0.3, -0.25) is 9.89 Å². The molecule has 1 amide bonds. The number of rotatable bonds is 6. The second-order valence-electron chi connectivity index (χ2n) is 6.39. The Labute approximate surface area is 152 Å². The molecule has 0 bridgehead atoms. The van der Waals surface area contributed by atoms with E-state index in [-0.39, 0.29) is 11.9 Å². The number of ether oxygens (including phenoxy) is 1. The lowest BCUT2D eigenvalue weighted by Crippen LogP contribution is -2.31. The van der Waals surface area contributed by atoms with E-state index in [0.29, 0.717) is 18.8 Å². The highest BCUT2D eigenvalue weighted by atomic mass is 16.5. The van der Waals surface area contributed by atoms with Crippen molar-refractivity contribution in [3.05, 3.63) is 77.5 Å². The van der Waals surface area contributed by atoms with Gasteiger partial charge in [0.25, 0.3) is 5.91 Å². The maximum atomic E-state index is 13.0. The number of nitrogens with zero attached hydrogens (tertiary/aromatic N) is 2. The van der Waals surface area contributed by atoms with Crippen molar-refractivity contribution in [1.29, 1.82) is 0 Å². The Bertz CT molecular complexity index is 890. The smallest absolute Gasteiger partial charge is 0.273 e. The molecule has 0 saturated heterocycles. The second-order valence-corrected chi connectivity index (χ2v) is 6.39. The summed E-state index contributed by atoms with van der Waals surface area (Å²) in [6, 6.07) is 20.0. The monoisotopic (exact) mass is 347 g/mol. The summed E-state index contributed by atoms with van der Waals surface area (Å²) in [4.78, 5) is 15.0. The van der Waals surface area contributed by atoms with E-state index in [4.69, 9.17) is 4.74 Å². The molecule has 0 aliphatic carbocycles. The highest BCUT2D eigenvalue weighted by Crippen LogP contribution is 2.42. The van der Waals surface area contributed by atoms with Crippen molar-refractivity contribution < 1.29 is 9.53 Å². The van der Waals surface area contributed by atoms with Crippen LogP contribution in [0.25, 0.3) is 11.3 Å². The topological polar surface area (TPSA) is 58.2 Å². The average molecular weight is 347 g/mol. The number of methoxy groups -OCH3 is 1. The van der Waals surface area contributed by atoms with E-state index in [1.165, 1.54) is 0 Å². The zero-order valence-corrected chi connectivity index (χ0v) is 14.7. The fourth-order valence-electron chi connectivity index (χ4n) is 3.60. The van der Waals surface area contributed by atoms with E-state index in [1.54, 1.807) is 7.11 Å². The summed E-state index contributed by atoms with van der Waals surface area (Å²) in [5, 5.41) is 7.45. The lowest BCUT2D eigenvalue weighted by molar-refractivity contribution is 0.0723. The molecule has 4 rings (SSSR count). The summed E-state index contributed by atoms with van der Waals surface area (Å²) in [5.41, 5.74) is 4.50. The maximum absolute atomic E-state index is 13.0. The molecule has 1 aliphatic heterocycles. The molecule has 1 atom stereocenters. The highest BCUT2D eigenvalue weighted by Gasteiger charge is 2.41. The van der Waals surface area contributed by atoms with Gasteiger partial charge in [-0.25, -0.2) is 0 Å². The minimum absolute atomic E-state index is 0.000336. The third kappa shape index (κ3) is 2.80. The van der Waals surface area contributed by atoms with Crippen LogP contribution in [0.15, 0.2) is 60.7 Å². The van der Waals surface area contributed by atoms with Gasteiger partial charge in [0.15, 0.2) is 0 Å². The summed E-state index contributed by atoms with van der Waals surface area (Å²) in [6.07, 6.45) is 0.796. The predicted molar refractivity (Wildman–Crippen MR) is 99.8 cm³/mol. The quantitative estimate of drug-likeness (QED) is 0.692. The first kappa shape index (κ1) is 16.5. The van der Waals surface area contributed by atoms with Gasteiger partial charge in [0, 0.05) is 31.4 Å². The van der Waals surface area contributed by atoms with E-state index < -0.39 is 0 Å². The molecule has 5 heteroatoms. The number of H-pyrrole nitrogens is 1. The number of hydrogen-bond acceptors (Lipinski definition) is 3. The minimum Gasteiger partial charge on any atom is -0.385 e. The zero-order valence-electron chi connectivity index (χ0n) is 14.7. The first-order valence-electron chi connectivity index (χ1n) is 8.80. The first-order chi connectivity index (χ1) is 12.8. The summed E-state index contributed by atoms with van der Waals surface area (Å²) in [6.45, 7) is 1.27.